The molecule has 0 aliphatic rings. The van der Waals surface area contributed by atoms with Gasteiger partial charge in [-0.3, -0.25) is 9.59 Å². The lowest BCUT2D eigenvalue weighted by atomic mass is 10.1. The van der Waals surface area contributed by atoms with Crippen molar-refractivity contribution in [3.63, 3.8) is 0 Å². The number of amides is 2. The molecule has 0 atom stereocenters. The van der Waals surface area contributed by atoms with E-state index >= 15 is 0 Å². The van der Waals surface area contributed by atoms with Gasteiger partial charge in [-0.15, -0.1) is 0 Å². The molecule has 5 heteroatoms. The number of halogens is 1. The lowest BCUT2D eigenvalue weighted by Crippen LogP contribution is -2.42. The third-order valence-corrected chi connectivity index (χ3v) is 3.64. The molecule has 0 bridgehead atoms. The van der Waals surface area contributed by atoms with E-state index in [2.05, 4.69) is 26.6 Å². The minimum atomic E-state index is -0.249. The van der Waals surface area contributed by atoms with Gasteiger partial charge in [-0.2, -0.15) is 0 Å². The number of hydrogen-bond donors (Lipinski definition) is 2. The van der Waals surface area contributed by atoms with Crippen molar-refractivity contribution in [3.05, 3.63) is 33.8 Å². The van der Waals surface area contributed by atoms with E-state index in [1.807, 2.05) is 39.8 Å². The van der Waals surface area contributed by atoms with Crippen LogP contribution in [0.4, 0.5) is 0 Å². The second kappa shape index (κ2) is 6.88. The van der Waals surface area contributed by atoms with Crippen LogP contribution in [0.5, 0.6) is 0 Å². The monoisotopic (exact) mass is 340 g/mol. The van der Waals surface area contributed by atoms with Gasteiger partial charge in [0.25, 0.3) is 5.91 Å². The molecule has 0 radical (unpaired) electrons. The Morgan fingerprint density at radius 2 is 1.90 bits per heavy atom. The first-order chi connectivity index (χ1) is 9.20. The van der Waals surface area contributed by atoms with Crippen LogP contribution in [0, 0.1) is 6.92 Å². The van der Waals surface area contributed by atoms with E-state index in [9.17, 15) is 9.59 Å². The average Bonchev–Trinajstić information content (AvgIpc) is 2.30. The number of nitrogens with one attached hydrogen (secondary N) is 2. The third kappa shape index (κ3) is 5.33. The number of aryl methyl sites for hydroxylation is 1. The minimum absolute atomic E-state index is 0.0684. The smallest absolute Gasteiger partial charge is 0.252 e. The maximum Gasteiger partial charge on any atom is 0.252 e. The number of rotatable bonds is 4. The van der Waals surface area contributed by atoms with Gasteiger partial charge in [-0.05, 0) is 55.3 Å². The van der Waals surface area contributed by atoms with Crippen LogP contribution in [-0.2, 0) is 4.79 Å². The SMILES string of the molecule is Cc1cccc(C(=O)NCCC(=O)NC(C)(C)C)c1Br. The van der Waals surface area contributed by atoms with Gasteiger partial charge in [-0.25, -0.2) is 0 Å². The summed E-state index contributed by atoms with van der Waals surface area (Å²) < 4.78 is 0.789. The van der Waals surface area contributed by atoms with Crippen LogP contribution in [0.3, 0.4) is 0 Å². The third-order valence-electron chi connectivity index (χ3n) is 2.59. The number of carbonyl (C=O) groups is 2. The van der Waals surface area contributed by atoms with Crippen molar-refractivity contribution < 1.29 is 9.59 Å². The zero-order valence-corrected chi connectivity index (χ0v) is 13.9. The molecule has 110 valence electrons. The Bertz CT molecular complexity index is 507. The molecule has 2 N–H and O–H groups in total. The van der Waals surface area contributed by atoms with E-state index in [4.69, 9.17) is 0 Å². The molecule has 20 heavy (non-hydrogen) atoms. The van der Waals surface area contributed by atoms with E-state index in [1.54, 1.807) is 6.07 Å². The summed E-state index contributed by atoms with van der Waals surface area (Å²) in [5, 5.41) is 5.61. The molecule has 0 heterocycles. The predicted octanol–water partition coefficient (Wildman–Crippen LogP) is 2.79. The lowest BCUT2D eigenvalue weighted by Gasteiger charge is -2.20. The molecule has 0 aromatic heterocycles. The van der Waals surface area contributed by atoms with Gasteiger partial charge in [-0.1, -0.05) is 12.1 Å². The Hall–Kier alpha value is -1.36. The van der Waals surface area contributed by atoms with Gasteiger partial charge < -0.3 is 10.6 Å². The molecule has 1 aromatic carbocycles. The fourth-order valence-electron chi connectivity index (χ4n) is 1.69. The maximum absolute atomic E-state index is 12.0. The largest absolute Gasteiger partial charge is 0.351 e. The van der Waals surface area contributed by atoms with Gasteiger partial charge >= 0.3 is 0 Å². The molecular weight excluding hydrogens is 320 g/mol. The Morgan fingerprint density at radius 1 is 1.25 bits per heavy atom. The van der Waals surface area contributed by atoms with E-state index in [-0.39, 0.29) is 23.8 Å². The Kier molecular flexibility index (Phi) is 5.74. The van der Waals surface area contributed by atoms with Crippen LogP contribution >= 0.6 is 15.9 Å². The molecule has 0 saturated heterocycles. The fourth-order valence-corrected chi connectivity index (χ4v) is 2.13. The van der Waals surface area contributed by atoms with Crippen molar-refractivity contribution in [3.8, 4) is 0 Å². The van der Waals surface area contributed by atoms with Gasteiger partial charge in [0.15, 0.2) is 0 Å². The number of benzene rings is 1. The molecule has 0 spiro atoms. The summed E-state index contributed by atoms with van der Waals surface area (Å²) in [6.45, 7) is 8.02. The summed E-state index contributed by atoms with van der Waals surface area (Å²) in [6, 6.07) is 5.51. The molecular formula is C15H21BrN2O2. The van der Waals surface area contributed by atoms with Crippen molar-refractivity contribution in [2.45, 2.75) is 39.7 Å². The zero-order valence-electron chi connectivity index (χ0n) is 12.3. The Balaban J connectivity index is 2.48. The Labute approximate surface area is 128 Å². The molecule has 0 aliphatic carbocycles. The average molecular weight is 341 g/mol. The topological polar surface area (TPSA) is 58.2 Å². The van der Waals surface area contributed by atoms with Crippen LogP contribution in [0.2, 0.25) is 0 Å². The molecule has 0 unspecified atom stereocenters. The highest BCUT2D eigenvalue weighted by Crippen LogP contribution is 2.20. The van der Waals surface area contributed by atoms with Crippen LogP contribution in [-0.4, -0.2) is 23.9 Å². The molecule has 2 amide bonds. The lowest BCUT2D eigenvalue weighted by molar-refractivity contribution is -0.122. The first-order valence-corrected chi connectivity index (χ1v) is 7.34. The molecule has 4 nitrogen and oxygen atoms in total. The summed E-state index contributed by atoms with van der Waals surface area (Å²) in [6.07, 6.45) is 0.270. The van der Waals surface area contributed by atoms with Crippen LogP contribution in [0.1, 0.15) is 43.1 Å². The van der Waals surface area contributed by atoms with Crippen molar-refractivity contribution in [1.29, 1.82) is 0 Å². The highest BCUT2D eigenvalue weighted by molar-refractivity contribution is 9.10. The van der Waals surface area contributed by atoms with Crippen LogP contribution in [0.25, 0.3) is 0 Å². The van der Waals surface area contributed by atoms with Crippen molar-refractivity contribution in [2.75, 3.05) is 6.54 Å². The van der Waals surface area contributed by atoms with E-state index in [0.717, 1.165) is 10.0 Å². The Morgan fingerprint density at radius 3 is 2.50 bits per heavy atom. The van der Waals surface area contributed by atoms with Gasteiger partial charge in [0.2, 0.25) is 5.91 Å². The summed E-state index contributed by atoms with van der Waals surface area (Å²) in [5.41, 5.74) is 1.34. The summed E-state index contributed by atoms with van der Waals surface area (Å²) in [7, 11) is 0. The number of carbonyl (C=O) groups excluding carboxylic acids is 2. The summed E-state index contributed by atoms with van der Waals surface area (Å²) in [5.74, 6) is -0.245. The highest BCUT2D eigenvalue weighted by atomic mass is 79.9. The van der Waals surface area contributed by atoms with E-state index in [1.165, 1.54) is 0 Å². The van der Waals surface area contributed by atoms with Crippen LogP contribution < -0.4 is 10.6 Å². The van der Waals surface area contributed by atoms with Crippen molar-refractivity contribution in [2.24, 2.45) is 0 Å². The maximum atomic E-state index is 12.0. The standard InChI is InChI=1S/C15H21BrN2O2/c1-10-6-5-7-11(13(10)16)14(20)17-9-8-12(19)18-15(2,3)4/h5-7H,8-9H2,1-4H3,(H,17,20)(H,18,19). The van der Waals surface area contributed by atoms with Gasteiger partial charge in [0, 0.05) is 23.0 Å². The van der Waals surface area contributed by atoms with Gasteiger partial charge in [0.05, 0.1) is 5.56 Å². The van der Waals surface area contributed by atoms with Crippen LogP contribution in [0.15, 0.2) is 22.7 Å². The normalized spacial score (nSPS) is 11.1. The molecule has 0 fully saturated rings. The second-order valence-corrected chi connectivity index (χ2v) is 6.53. The predicted molar refractivity (Wildman–Crippen MR) is 83.7 cm³/mol. The van der Waals surface area contributed by atoms with Crippen molar-refractivity contribution >= 4 is 27.7 Å². The minimum Gasteiger partial charge on any atom is -0.351 e. The van der Waals surface area contributed by atoms with Crippen molar-refractivity contribution in [1.82, 2.24) is 10.6 Å². The molecule has 1 aromatic rings. The first-order valence-electron chi connectivity index (χ1n) is 6.55. The van der Waals surface area contributed by atoms with E-state index in [0.29, 0.717) is 12.1 Å². The first kappa shape index (κ1) is 16.7. The second-order valence-electron chi connectivity index (χ2n) is 5.74. The number of hydrogen-bond acceptors (Lipinski definition) is 2. The molecule has 1 rings (SSSR count). The molecule has 0 aliphatic heterocycles. The quantitative estimate of drug-likeness (QED) is 0.885. The summed E-state index contributed by atoms with van der Waals surface area (Å²) >= 11 is 3.40. The molecule has 0 saturated carbocycles. The summed E-state index contributed by atoms with van der Waals surface area (Å²) in [4.78, 5) is 23.6. The highest BCUT2D eigenvalue weighted by Gasteiger charge is 2.14. The van der Waals surface area contributed by atoms with Gasteiger partial charge in [0.1, 0.15) is 0 Å². The fraction of sp³-hybridized carbons (Fsp3) is 0.467. The zero-order chi connectivity index (χ0) is 15.3. The van der Waals surface area contributed by atoms with E-state index < -0.39 is 0 Å².